The summed E-state index contributed by atoms with van der Waals surface area (Å²) < 4.78 is 2.89. The van der Waals surface area contributed by atoms with E-state index in [-0.39, 0.29) is 0 Å². The molecular weight excluding hydrogens is 493 g/mol. The van der Waals surface area contributed by atoms with Crippen molar-refractivity contribution in [1.82, 2.24) is 0 Å². The summed E-state index contributed by atoms with van der Waals surface area (Å²) in [5, 5.41) is 10.3. The lowest BCUT2D eigenvalue weighted by Crippen LogP contribution is -1.96. The van der Waals surface area contributed by atoms with Crippen LogP contribution in [0.1, 0.15) is 71.9 Å². The molecule has 0 bridgehead atoms. The van der Waals surface area contributed by atoms with Crippen LogP contribution < -0.4 is 0 Å². The minimum Gasteiger partial charge on any atom is -0.147 e. The summed E-state index contributed by atoms with van der Waals surface area (Å²) in [4.78, 5) is 3.01. The predicted molar refractivity (Wildman–Crippen MR) is 164 cm³/mol. The van der Waals surface area contributed by atoms with Gasteiger partial charge in [0.05, 0.1) is 0 Å². The molecule has 0 amide bonds. The average Bonchev–Trinajstić information content (AvgIpc) is 3.60. The molecule has 182 valence electrons. The molecule has 0 nitrogen and oxygen atoms in total. The van der Waals surface area contributed by atoms with Crippen molar-refractivity contribution in [3.63, 3.8) is 0 Å². The van der Waals surface area contributed by atoms with E-state index in [1.807, 2.05) is 34.0 Å². The molecular formula is C33H32S3. The van der Waals surface area contributed by atoms with E-state index < -0.39 is 0 Å². The van der Waals surface area contributed by atoms with Crippen LogP contribution in [-0.2, 0) is 12.8 Å². The lowest BCUT2D eigenvalue weighted by atomic mass is 9.95. The molecule has 0 radical (unpaired) electrons. The molecule has 0 aliphatic carbocycles. The van der Waals surface area contributed by atoms with Crippen molar-refractivity contribution >= 4 is 65.0 Å². The molecule has 6 rings (SSSR count). The summed E-state index contributed by atoms with van der Waals surface area (Å²) in [6.45, 7) is 9.36. The van der Waals surface area contributed by atoms with Crippen LogP contribution in [0.15, 0.2) is 77.5 Å². The number of benzene rings is 3. The molecule has 3 aromatic carbocycles. The molecule has 0 fully saturated rings. The zero-order valence-electron chi connectivity index (χ0n) is 21.4. The maximum Gasteiger partial charge on any atom is 0.0377 e. The topological polar surface area (TPSA) is 0 Å². The molecule has 0 saturated heterocycles. The maximum absolute atomic E-state index is 2.45. The van der Waals surface area contributed by atoms with Crippen molar-refractivity contribution in [3.05, 3.63) is 104 Å². The number of hydrogen-bond donors (Lipinski definition) is 0. The van der Waals surface area contributed by atoms with Gasteiger partial charge < -0.3 is 0 Å². The molecule has 3 heteroatoms. The number of hydrogen-bond acceptors (Lipinski definition) is 3. The largest absolute Gasteiger partial charge is 0.147 e. The van der Waals surface area contributed by atoms with E-state index >= 15 is 0 Å². The van der Waals surface area contributed by atoms with Crippen LogP contribution in [-0.4, -0.2) is 0 Å². The first-order valence-corrected chi connectivity index (χ1v) is 15.5. The van der Waals surface area contributed by atoms with Gasteiger partial charge in [-0.1, -0.05) is 82.3 Å². The van der Waals surface area contributed by atoms with E-state index in [1.165, 1.54) is 57.4 Å². The summed E-state index contributed by atoms with van der Waals surface area (Å²) in [6.07, 6.45) is 2.18. The first-order chi connectivity index (χ1) is 17.5. The van der Waals surface area contributed by atoms with E-state index in [0.29, 0.717) is 17.8 Å². The van der Waals surface area contributed by atoms with Crippen molar-refractivity contribution in [2.24, 2.45) is 0 Å². The molecule has 3 heterocycles. The summed E-state index contributed by atoms with van der Waals surface area (Å²) >= 11 is 5.80. The fourth-order valence-electron chi connectivity index (χ4n) is 5.50. The summed E-state index contributed by atoms with van der Waals surface area (Å²) in [6, 6.07) is 25.3. The molecule has 2 unspecified atom stereocenters. The SMILES string of the molecule is CC(C)c1csc2c(CC(C)c3cc4cc(CC(C)c5scc6ccccc56)ccc4s3)cccc12. The van der Waals surface area contributed by atoms with Gasteiger partial charge in [-0.25, -0.2) is 0 Å². The van der Waals surface area contributed by atoms with Crippen LogP contribution in [0.3, 0.4) is 0 Å². The Hall–Kier alpha value is -2.46. The van der Waals surface area contributed by atoms with Crippen molar-refractivity contribution in [2.45, 2.75) is 58.3 Å². The van der Waals surface area contributed by atoms with Gasteiger partial charge in [-0.3, -0.25) is 0 Å². The van der Waals surface area contributed by atoms with Gasteiger partial charge in [-0.2, -0.15) is 0 Å². The number of thiophene rings is 3. The second kappa shape index (κ2) is 9.78. The van der Waals surface area contributed by atoms with Crippen LogP contribution in [0.25, 0.3) is 30.9 Å². The summed E-state index contributed by atoms with van der Waals surface area (Å²) in [7, 11) is 0. The van der Waals surface area contributed by atoms with Crippen LogP contribution in [0.5, 0.6) is 0 Å². The van der Waals surface area contributed by atoms with Gasteiger partial charge in [0.2, 0.25) is 0 Å². The van der Waals surface area contributed by atoms with Crippen LogP contribution in [0, 0.1) is 0 Å². The normalized spacial score (nSPS) is 13.8. The Morgan fingerprint density at radius 2 is 1.53 bits per heavy atom. The fraction of sp³-hybridized carbons (Fsp3) is 0.273. The molecule has 6 aromatic rings. The molecule has 3 aromatic heterocycles. The molecule has 0 aliphatic heterocycles. The van der Waals surface area contributed by atoms with E-state index in [0.717, 1.165) is 12.8 Å². The predicted octanol–water partition coefficient (Wildman–Crippen LogP) is 11.1. The second-order valence-corrected chi connectivity index (χ2v) is 13.5. The Bertz CT molecular complexity index is 1660. The zero-order chi connectivity index (χ0) is 24.8. The van der Waals surface area contributed by atoms with Gasteiger partial charge in [0.1, 0.15) is 0 Å². The molecule has 0 spiro atoms. The highest BCUT2D eigenvalue weighted by Crippen LogP contribution is 2.39. The smallest absolute Gasteiger partial charge is 0.0377 e. The lowest BCUT2D eigenvalue weighted by Gasteiger charge is -2.11. The molecule has 36 heavy (non-hydrogen) atoms. The third-order valence-electron chi connectivity index (χ3n) is 7.47. The first kappa shape index (κ1) is 23.9. The highest BCUT2D eigenvalue weighted by Gasteiger charge is 2.17. The van der Waals surface area contributed by atoms with Gasteiger partial charge in [-0.05, 0) is 91.7 Å². The molecule has 0 N–H and O–H groups in total. The van der Waals surface area contributed by atoms with Crippen molar-refractivity contribution in [2.75, 3.05) is 0 Å². The Morgan fingerprint density at radius 3 is 2.39 bits per heavy atom. The highest BCUT2D eigenvalue weighted by atomic mass is 32.1. The van der Waals surface area contributed by atoms with Gasteiger partial charge in [0, 0.05) is 19.2 Å². The Labute approximate surface area is 226 Å². The summed E-state index contributed by atoms with van der Waals surface area (Å²) in [5.41, 5.74) is 4.42. The molecule has 0 saturated carbocycles. The van der Waals surface area contributed by atoms with Crippen LogP contribution in [0.2, 0.25) is 0 Å². The fourth-order valence-corrected chi connectivity index (χ4v) is 8.94. The van der Waals surface area contributed by atoms with Crippen LogP contribution >= 0.6 is 34.0 Å². The minimum atomic E-state index is 0.512. The van der Waals surface area contributed by atoms with Crippen molar-refractivity contribution in [1.29, 1.82) is 0 Å². The minimum absolute atomic E-state index is 0.512. The van der Waals surface area contributed by atoms with E-state index in [1.54, 1.807) is 0 Å². The zero-order valence-corrected chi connectivity index (χ0v) is 23.8. The van der Waals surface area contributed by atoms with Gasteiger partial charge >= 0.3 is 0 Å². The Kier molecular flexibility index (Phi) is 6.49. The Balaban J connectivity index is 1.23. The van der Waals surface area contributed by atoms with E-state index in [2.05, 4.69) is 105 Å². The number of fused-ring (bicyclic) bond motifs is 3. The van der Waals surface area contributed by atoms with Gasteiger partial charge in [-0.15, -0.1) is 34.0 Å². The number of rotatable bonds is 7. The monoisotopic (exact) mass is 524 g/mol. The van der Waals surface area contributed by atoms with E-state index in [9.17, 15) is 0 Å². The van der Waals surface area contributed by atoms with Gasteiger partial charge in [0.15, 0.2) is 0 Å². The third-order valence-corrected chi connectivity index (χ3v) is 11.2. The summed E-state index contributed by atoms with van der Waals surface area (Å²) in [5.74, 6) is 1.60. The highest BCUT2D eigenvalue weighted by molar-refractivity contribution is 7.19. The Morgan fingerprint density at radius 1 is 0.694 bits per heavy atom. The van der Waals surface area contributed by atoms with Crippen molar-refractivity contribution < 1.29 is 0 Å². The molecule has 0 aliphatic rings. The van der Waals surface area contributed by atoms with E-state index in [4.69, 9.17) is 0 Å². The quantitative estimate of drug-likeness (QED) is 0.195. The first-order valence-electron chi connectivity index (χ1n) is 13.0. The lowest BCUT2D eigenvalue weighted by molar-refractivity contribution is 0.779. The molecule has 2 atom stereocenters. The van der Waals surface area contributed by atoms with Gasteiger partial charge in [0.25, 0.3) is 0 Å². The second-order valence-electron chi connectivity index (χ2n) is 10.6. The third kappa shape index (κ3) is 4.42. The average molecular weight is 525 g/mol. The van der Waals surface area contributed by atoms with Crippen molar-refractivity contribution in [3.8, 4) is 0 Å². The van der Waals surface area contributed by atoms with Crippen LogP contribution in [0.4, 0.5) is 0 Å². The standard InChI is InChI=1S/C33H32S3/c1-20(2)29-19-35-33-24(9-7-11-28(29)33)15-21(3)31-17-26-16-23(12-13-30(26)36-31)14-22(4)32-27-10-6-5-8-25(27)18-34-32/h5-13,16-22H,14-15H2,1-4H3. The maximum atomic E-state index is 2.45.